The fourth-order valence-corrected chi connectivity index (χ4v) is 2.23. The molecular weight excluding hydrogens is 417 g/mol. The molecule has 2 rings (SSSR count). The quantitative estimate of drug-likeness (QED) is 0.310. The molecule has 1 aromatic rings. The molecule has 1 aromatic carbocycles. The Hall–Kier alpha value is -0.860. The third-order valence-electron chi connectivity index (χ3n) is 3.87. The van der Waals surface area contributed by atoms with Crippen molar-refractivity contribution >= 4 is 29.9 Å². The second-order valence-electron chi connectivity index (χ2n) is 6.08. The van der Waals surface area contributed by atoms with Crippen molar-refractivity contribution in [1.82, 2.24) is 10.6 Å². The number of aliphatic hydroxyl groups excluding tert-OH is 1. The van der Waals surface area contributed by atoms with E-state index in [0.29, 0.717) is 6.54 Å². The molecule has 0 heterocycles. The number of nitrogens with one attached hydrogen (secondary N) is 2. The molecule has 0 amide bonds. The molecule has 1 aliphatic carbocycles. The zero-order chi connectivity index (χ0) is 16.5. The lowest BCUT2D eigenvalue weighted by molar-refractivity contribution is 0.00111. The summed E-state index contributed by atoms with van der Waals surface area (Å²) < 4.78 is 5.73. The van der Waals surface area contributed by atoms with Crippen molar-refractivity contribution < 1.29 is 9.84 Å². The monoisotopic (exact) mass is 447 g/mol. The minimum atomic E-state index is -0.599. The topological polar surface area (TPSA) is 65.9 Å². The molecule has 1 aliphatic rings. The number of aliphatic hydroxyl groups is 1. The van der Waals surface area contributed by atoms with Crippen LogP contribution in [0.25, 0.3) is 0 Å². The molecule has 3 N–H and O–H groups in total. The van der Waals surface area contributed by atoms with Gasteiger partial charge in [-0.1, -0.05) is 30.3 Å². The summed E-state index contributed by atoms with van der Waals surface area (Å²) in [6, 6.07) is 10.0. The van der Waals surface area contributed by atoms with E-state index in [1.165, 1.54) is 12.8 Å². The maximum atomic E-state index is 10.1. The standard InChI is InChI=1S/C18H29N3O2.HI/c1-3-19-18(20-11-15-9-10-15)21-12-17(22)13-23-14(2)16-7-5-4-6-8-16;/h4-8,14-15,17,22H,3,9-13H2,1-2H3,(H2,19,20,21);1H. The number of aliphatic imine (C=N–C) groups is 1. The Morgan fingerprint density at radius 1 is 1.29 bits per heavy atom. The average Bonchev–Trinajstić information content (AvgIpc) is 3.40. The highest BCUT2D eigenvalue weighted by Crippen LogP contribution is 2.27. The number of hydrogen-bond donors (Lipinski definition) is 3. The Morgan fingerprint density at radius 3 is 2.62 bits per heavy atom. The lowest BCUT2D eigenvalue weighted by atomic mass is 10.1. The maximum absolute atomic E-state index is 10.1. The highest BCUT2D eigenvalue weighted by atomic mass is 127. The molecule has 1 saturated carbocycles. The predicted molar refractivity (Wildman–Crippen MR) is 109 cm³/mol. The Labute approximate surface area is 162 Å². The second-order valence-corrected chi connectivity index (χ2v) is 6.08. The van der Waals surface area contributed by atoms with E-state index in [-0.39, 0.29) is 36.7 Å². The second kappa shape index (κ2) is 11.7. The van der Waals surface area contributed by atoms with Crippen LogP contribution >= 0.6 is 24.0 Å². The maximum Gasteiger partial charge on any atom is 0.191 e. The SMILES string of the molecule is CCNC(=NCC(O)COC(C)c1ccccc1)NCC1CC1.I. The molecule has 1 fully saturated rings. The van der Waals surface area contributed by atoms with Crippen molar-refractivity contribution in [2.75, 3.05) is 26.2 Å². The van der Waals surface area contributed by atoms with Crippen molar-refractivity contribution in [3.63, 3.8) is 0 Å². The summed E-state index contributed by atoms with van der Waals surface area (Å²) in [5.74, 6) is 1.56. The highest BCUT2D eigenvalue weighted by Gasteiger charge is 2.21. The lowest BCUT2D eigenvalue weighted by Crippen LogP contribution is -2.39. The van der Waals surface area contributed by atoms with Crippen LogP contribution in [0.5, 0.6) is 0 Å². The lowest BCUT2D eigenvalue weighted by Gasteiger charge is -2.16. The van der Waals surface area contributed by atoms with Gasteiger partial charge in [0.1, 0.15) is 0 Å². The molecule has 0 bridgehead atoms. The van der Waals surface area contributed by atoms with Gasteiger partial charge in [-0.05, 0) is 38.2 Å². The van der Waals surface area contributed by atoms with Crippen LogP contribution in [-0.2, 0) is 4.74 Å². The van der Waals surface area contributed by atoms with Crippen molar-refractivity contribution in [2.24, 2.45) is 10.9 Å². The van der Waals surface area contributed by atoms with Crippen molar-refractivity contribution in [3.8, 4) is 0 Å². The summed E-state index contributed by atoms with van der Waals surface area (Å²) >= 11 is 0. The molecule has 0 radical (unpaired) electrons. The van der Waals surface area contributed by atoms with E-state index in [1.54, 1.807) is 0 Å². The summed E-state index contributed by atoms with van der Waals surface area (Å²) in [7, 11) is 0. The van der Waals surface area contributed by atoms with Crippen LogP contribution in [0.3, 0.4) is 0 Å². The first-order chi connectivity index (χ1) is 11.2. The molecule has 2 atom stereocenters. The molecule has 136 valence electrons. The highest BCUT2D eigenvalue weighted by molar-refractivity contribution is 14.0. The molecular formula is C18H30IN3O2. The van der Waals surface area contributed by atoms with Gasteiger partial charge in [0.15, 0.2) is 5.96 Å². The number of ether oxygens (including phenoxy) is 1. The first-order valence-electron chi connectivity index (χ1n) is 8.55. The van der Waals surface area contributed by atoms with Gasteiger partial charge in [0, 0.05) is 13.1 Å². The molecule has 0 aromatic heterocycles. The first-order valence-corrected chi connectivity index (χ1v) is 8.55. The molecule has 6 heteroatoms. The minimum Gasteiger partial charge on any atom is -0.389 e. The van der Waals surface area contributed by atoms with E-state index in [0.717, 1.165) is 30.5 Å². The van der Waals surface area contributed by atoms with Gasteiger partial charge in [-0.3, -0.25) is 4.99 Å². The van der Waals surface area contributed by atoms with Gasteiger partial charge in [-0.25, -0.2) is 0 Å². The zero-order valence-electron chi connectivity index (χ0n) is 14.6. The fourth-order valence-electron chi connectivity index (χ4n) is 2.23. The van der Waals surface area contributed by atoms with Gasteiger partial charge >= 0.3 is 0 Å². The third-order valence-corrected chi connectivity index (χ3v) is 3.87. The zero-order valence-corrected chi connectivity index (χ0v) is 16.9. The first kappa shape index (κ1) is 21.2. The van der Waals surface area contributed by atoms with E-state index in [4.69, 9.17) is 4.74 Å². The average molecular weight is 447 g/mol. The number of rotatable bonds is 9. The van der Waals surface area contributed by atoms with Gasteiger partial charge in [0.05, 0.1) is 25.4 Å². The van der Waals surface area contributed by atoms with Crippen LogP contribution in [0.1, 0.15) is 38.4 Å². The smallest absolute Gasteiger partial charge is 0.191 e. The van der Waals surface area contributed by atoms with Crippen molar-refractivity contribution in [1.29, 1.82) is 0 Å². The Morgan fingerprint density at radius 2 is 2.00 bits per heavy atom. The van der Waals surface area contributed by atoms with Gasteiger partial charge in [0.25, 0.3) is 0 Å². The number of benzene rings is 1. The van der Waals surface area contributed by atoms with Gasteiger partial charge in [0.2, 0.25) is 0 Å². The Kier molecular flexibility index (Phi) is 10.3. The number of hydrogen-bond acceptors (Lipinski definition) is 3. The normalized spacial score (nSPS) is 16.9. The summed E-state index contributed by atoms with van der Waals surface area (Å²) in [4.78, 5) is 4.43. The van der Waals surface area contributed by atoms with Crippen molar-refractivity contribution in [3.05, 3.63) is 35.9 Å². The van der Waals surface area contributed by atoms with Crippen LogP contribution in [0.15, 0.2) is 35.3 Å². The van der Waals surface area contributed by atoms with Crippen LogP contribution < -0.4 is 10.6 Å². The predicted octanol–water partition coefficient (Wildman–Crippen LogP) is 2.71. The van der Waals surface area contributed by atoms with E-state index >= 15 is 0 Å². The summed E-state index contributed by atoms with van der Waals surface area (Å²) in [6.45, 7) is 6.42. The van der Waals surface area contributed by atoms with Gasteiger partial charge in [-0.2, -0.15) is 0 Å². The summed E-state index contributed by atoms with van der Waals surface area (Å²) in [6.07, 6.45) is 1.98. The molecule has 24 heavy (non-hydrogen) atoms. The molecule has 0 saturated heterocycles. The Bertz CT molecular complexity index is 480. The van der Waals surface area contributed by atoms with Crippen LogP contribution in [0.4, 0.5) is 0 Å². The molecule has 2 unspecified atom stereocenters. The van der Waals surface area contributed by atoms with E-state index in [1.807, 2.05) is 44.2 Å². The van der Waals surface area contributed by atoms with Crippen LogP contribution in [0, 0.1) is 5.92 Å². The third kappa shape index (κ3) is 8.30. The van der Waals surface area contributed by atoms with E-state index in [2.05, 4.69) is 15.6 Å². The fraction of sp³-hybridized carbons (Fsp3) is 0.611. The van der Waals surface area contributed by atoms with Gasteiger partial charge in [-0.15, -0.1) is 24.0 Å². The van der Waals surface area contributed by atoms with E-state index in [9.17, 15) is 5.11 Å². The van der Waals surface area contributed by atoms with Gasteiger partial charge < -0.3 is 20.5 Å². The molecule has 0 aliphatic heterocycles. The summed E-state index contributed by atoms with van der Waals surface area (Å²) in [5.41, 5.74) is 1.11. The number of nitrogens with zero attached hydrogens (tertiary/aromatic N) is 1. The number of guanidine groups is 1. The molecule has 0 spiro atoms. The Balaban J connectivity index is 0.00000288. The van der Waals surface area contributed by atoms with Crippen molar-refractivity contribution in [2.45, 2.75) is 38.9 Å². The largest absolute Gasteiger partial charge is 0.389 e. The number of halogens is 1. The van der Waals surface area contributed by atoms with E-state index < -0.39 is 6.10 Å². The summed E-state index contributed by atoms with van der Waals surface area (Å²) in [5, 5.41) is 16.6. The molecule has 5 nitrogen and oxygen atoms in total. The van der Waals surface area contributed by atoms with Crippen LogP contribution in [0.2, 0.25) is 0 Å². The minimum absolute atomic E-state index is 0. The van der Waals surface area contributed by atoms with Crippen LogP contribution in [-0.4, -0.2) is 43.4 Å².